The summed E-state index contributed by atoms with van der Waals surface area (Å²) in [5.41, 5.74) is 4.78. The molecule has 0 saturated carbocycles. The Kier molecular flexibility index (Phi) is 3.94. The summed E-state index contributed by atoms with van der Waals surface area (Å²) in [6.07, 6.45) is 7.98. The monoisotopic (exact) mass is 322 g/mol. The molecule has 0 bridgehead atoms. The van der Waals surface area contributed by atoms with Crippen molar-refractivity contribution < 1.29 is 4.52 Å². The van der Waals surface area contributed by atoms with Gasteiger partial charge < -0.3 is 9.09 Å². The molecule has 1 aliphatic heterocycles. The predicted octanol–water partition coefficient (Wildman–Crippen LogP) is 3.81. The van der Waals surface area contributed by atoms with Gasteiger partial charge in [-0.05, 0) is 50.9 Å². The first-order chi connectivity index (χ1) is 11.7. The molecule has 0 amide bonds. The summed E-state index contributed by atoms with van der Waals surface area (Å²) in [6, 6.07) is 9.14. The molecular formula is C19H22N4O. The molecule has 4 rings (SSSR count). The van der Waals surface area contributed by atoms with Crippen molar-refractivity contribution in [2.24, 2.45) is 0 Å². The molecule has 3 heterocycles. The van der Waals surface area contributed by atoms with Crippen molar-refractivity contribution in [3.05, 3.63) is 65.6 Å². The molecule has 0 aliphatic carbocycles. The second kappa shape index (κ2) is 6.24. The Morgan fingerprint density at radius 2 is 2.04 bits per heavy atom. The maximum absolute atomic E-state index is 5.38. The molecule has 1 aliphatic rings. The smallest absolute Gasteiger partial charge is 0.138 e. The van der Waals surface area contributed by atoms with Crippen molar-refractivity contribution in [1.29, 1.82) is 0 Å². The Morgan fingerprint density at radius 1 is 1.21 bits per heavy atom. The highest BCUT2D eigenvalue weighted by Gasteiger charge is 2.30. The number of likely N-dealkylation sites (tertiary alicyclic amines) is 1. The Morgan fingerprint density at radius 3 is 2.71 bits per heavy atom. The fourth-order valence-corrected chi connectivity index (χ4v) is 3.73. The normalized spacial score (nSPS) is 18.3. The largest absolute Gasteiger partial charge is 0.361 e. The van der Waals surface area contributed by atoms with Gasteiger partial charge in [0.05, 0.1) is 12.0 Å². The van der Waals surface area contributed by atoms with E-state index in [1.54, 1.807) is 6.20 Å². The van der Waals surface area contributed by atoms with Gasteiger partial charge in [-0.1, -0.05) is 17.3 Å². The van der Waals surface area contributed by atoms with Gasteiger partial charge in [-0.3, -0.25) is 4.90 Å². The lowest BCUT2D eigenvalue weighted by Crippen LogP contribution is -2.23. The summed E-state index contributed by atoms with van der Waals surface area (Å²) in [4.78, 5) is 6.64. The lowest BCUT2D eigenvalue weighted by molar-refractivity contribution is 0.245. The van der Waals surface area contributed by atoms with Crippen LogP contribution in [-0.4, -0.2) is 26.2 Å². The van der Waals surface area contributed by atoms with E-state index in [0.717, 1.165) is 30.2 Å². The van der Waals surface area contributed by atoms with E-state index in [9.17, 15) is 0 Å². The van der Waals surface area contributed by atoms with Crippen LogP contribution in [0.25, 0.3) is 5.69 Å². The number of hydrogen-bond acceptors (Lipinski definition) is 4. The summed E-state index contributed by atoms with van der Waals surface area (Å²) in [7, 11) is 0. The first-order valence-electron chi connectivity index (χ1n) is 8.46. The number of benzene rings is 1. The molecule has 2 aromatic heterocycles. The zero-order valence-electron chi connectivity index (χ0n) is 14.1. The molecule has 124 valence electrons. The van der Waals surface area contributed by atoms with E-state index in [1.807, 2.05) is 30.9 Å². The van der Waals surface area contributed by atoms with Crippen molar-refractivity contribution >= 4 is 0 Å². The minimum atomic E-state index is 0.421. The summed E-state index contributed by atoms with van der Waals surface area (Å²) in [6.45, 7) is 6.14. The third-order valence-corrected chi connectivity index (χ3v) is 4.91. The number of aryl methyl sites for hydroxylation is 2. The van der Waals surface area contributed by atoms with Gasteiger partial charge in [0.25, 0.3) is 0 Å². The molecule has 5 heteroatoms. The van der Waals surface area contributed by atoms with Gasteiger partial charge in [0.15, 0.2) is 0 Å². The summed E-state index contributed by atoms with van der Waals surface area (Å²) < 4.78 is 7.40. The average molecular weight is 322 g/mol. The van der Waals surface area contributed by atoms with E-state index in [1.165, 1.54) is 24.0 Å². The quantitative estimate of drug-likeness (QED) is 0.733. The summed E-state index contributed by atoms with van der Waals surface area (Å²) >= 11 is 0. The second-order valence-electron chi connectivity index (χ2n) is 6.50. The summed E-state index contributed by atoms with van der Waals surface area (Å²) in [5, 5.41) is 4.13. The van der Waals surface area contributed by atoms with Crippen molar-refractivity contribution in [1.82, 2.24) is 19.6 Å². The van der Waals surface area contributed by atoms with Gasteiger partial charge in [-0.15, -0.1) is 0 Å². The molecule has 1 fully saturated rings. The zero-order chi connectivity index (χ0) is 16.5. The standard InChI is InChI=1S/C19H22N4O/c1-14-19(15(2)24-21-14)18-4-3-10-22(18)12-16-5-7-17(8-6-16)23-11-9-20-13-23/h5-9,11,13,18H,3-4,10,12H2,1-2H3. The van der Waals surface area contributed by atoms with Crippen LogP contribution in [0.3, 0.4) is 0 Å². The highest BCUT2D eigenvalue weighted by molar-refractivity contribution is 5.35. The highest BCUT2D eigenvalue weighted by atomic mass is 16.5. The lowest BCUT2D eigenvalue weighted by atomic mass is 10.0. The fraction of sp³-hybridized carbons (Fsp3) is 0.368. The Hall–Kier alpha value is -2.40. The SMILES string of the molecule is Cc1noc(C)c1C1CCCN1Cc1ccc(-n2ccnc2)cc1. The molecule has 0 radical (unpaired) electrons. The first kappa shape index (κ1) is 15.1. The molecule has 0 N–H and O–H groups in total. The van der Waals surface area contributed by atoms with Crippen LogP contribution in [0.1, 0.15) is 41.5 Å². The predicted molar refractivity (Wildman–Crippen MR) is 91.9 cm³/mol. The van der Waals surface area contributed by atoms with Crippen LogP contribution in [0.15, 0.2) is 47.5 Å². The van der Waals surface area contributed by atoms with Gasteiger partial charge in [-0.25, -0.2) is 4.98 Å². The molecular weight excluding hydrogens is 300 g/mol. The Labute approximate surface area is 141 Å². The minimum Gasteiger partial charge on any atom is -0.361 e. The van der Waals surface area contributed by atoms with Gasteiger partial charge >= 0.3 is 0 Å². The zero-order valence-corrected chi connectivity index (χ0v) is 14.1. The van der Waals surface area contributed by atoms with E-state index in [-0.39, 0.29) is 0 Å². The molecule has 3 aromatic rings. The molecule has 24 heavy (non-hydrogen) atoms. The van der Waals surface area contributed by atoms with Gasteiger partial charge in [-0.2, -0.15) is 0 Å². The van der Waals surface area contributed by atoms with E-state index < -0.39 is 0 Å². The number of nitrogens with zero attached hydrogens (tertiary/aromatic N) is 4. The molecule has 1 atom stereocenters. The Bertz CT molecular complexity index is 785. The molecule has 0 spiro atoms. The van der Waals surface area contributed by atoms with Crippen molar-refractivity contribution in [3.63, 3.8) is 0 Å². The first-order valence-corrected chi connectivity index (χ1v) is 8.46. The molecule has 1 unspecified atom stereocenters. The van der Waals surface area contributed by atoms with Crippen LogP contribution in [-0.2, 0) is 6.54 Å². The van der Waals surface area contributed by atoms with E-state index in [2.05, 4.69) is 39.3 Å². The highest BCUT2D eigenvalue weighted by Crippen LogP contribution is 2.36. The van der Waals surface area contributed by atoms with Crippen molar-refractivity contribution in [2.45, 2.75) is 39.3 Å². The van der Waals surface area contributed by atoms with E-state index >= 15 is 0 Å². The van der Waals surface area contributed by atoms with Crippen LogP contribution in [0.2, 0.25) is 0 Å². The maximum Gasteiger partial charge on any atom is 0.138 e. The third-order valence-electron chi connectivity index (χ3n) is 4.91. The molecule has 1 aromatic carbocycles. The van der Waals surface area contributed by atoms with Crippen LogP contribution < -0.4 is 0 Å². The van der Waals surface area contributed by atoms with Crippen LogP contribution in [0, 0.1) is 13.8 Å². The molecule has 1 saturated heterocycles. The van der Waals surface area contributed by atoms with Gasteiger partial charge in [0.2, 0.25) is 0 Å². The van der Waals surface area contributed by atoms with Crippen LogP contribution in [0.5, 0.6) is 0 Å². The average Bonchev–Trinajstić information content (AvgIpc) is 3.31. The second-order valence-corrected chi connectivity index (χ2v) is 6.50. The minimum absolute atomic E-state index is 0.421. The summed E-state index contributed by atoms with van der Waals surface area (Å²) in [5.74, 6) is 0.958. The fourth-order valence-electron chi connectivity index (χ4n) is 3.73. The third kappa shape index (κ3) is 2.76. The van der Waals surface area contributed by atoms with Gasteiger partial charge in [0, 0.05) is 36.2 Å². The van der Waals surface area contributed by atoms with E-state index in [4.69, 9.17) is 4.52 Å². The van der Waals surface area contributed by atoms with E-state index in [0.29, 0.717) is 6.04 Å². The topological polar surface area (TPSA) is 47.1 Å². The number of hydrogen-bond donors (Lipinski definition) is 0. The number of rotatable bonds is 4. The number of aromatic nitrogens is 3. The molecule has 5 nitrogen and oxygen atoms in total. The number of imidazole rings is 1. The lowest BCUT2D eigenvalue weighted by Gasteiger charge is -2.24. The van der Waals surface area contributed by atoms with Crippen molar-refractivity contribution in [2.75, 3.05) is 6.54 Å². The van der Waals surface area contributed by atoms with Crippen molar-refractivity contribution in [3.8, 4) is 5.69 Å². The van der Waals surface area contributed by atoms with Gasteiger partial charge in [0.1, 0.15) is 5.76 Å². The Balaban J connectivity index is 1.52. The maximum atomic E-state index is 5.38. The van der Waals surface area contributed by atoms with Crippen LogP contribution >= 0.6 is 0 Å². The van der Waals surface area contributed by atoms with Crippen LogP contribution in [0.4, 0.5) is 0 Å².